The molecule has 1 saturated heterocycles. The van der Waals surface area contributed by atoms with Gasteiger partial charge in [-0.1, -0.05) is 17.7 Å². The molecule has 0 aliphatic carbocycles. The highest BCUT2D eigenvalue weighted by Crippen LogP contribution is 2.26. The number of aryl methyl sites for hydroxylation is 1. The summed E-state index contributed by atoms with van der Waals surface area (Å²) in [7, 11) is 1.85. The second-order valence-electron chi connectivity index (χ2n) is 6.46. The fourth-order valence-electron chi connectivity index (χ4n) is 3.43. The van der Waals surface area contributed by atoms with E-state index in [1.807, 2.05) is 30.1 Å². The average molecular weight is 364 g/mol. The summed E-state index contributed by atoms with van der Waals surface area (Å²) in [6.07, 6.45) is 1.69. The van der Waals surface area contributed by atoms with E-state index >= 15 is 0 Å². The van der Waals surface area contributed by atoms with Gasteiger partial charge in [-0.2, -0.15) is 5.10 Å². The summed E-state index contributed by atoms with van der Waals surface area (Å²) in [5, 5.41) is 8.92. The molecule has 7 nitrogen and oxygen atoms in total. The highest BCUT2D eigenvalue weighted by atomic mass is 35.5. The SMILES string of the molecule is Cn1nc(CNC(=O)C2CCCN(CC(N)=O)C2)c2c(Cl)cccc21. The van der Waals surface area contributed by atoms with Crippen molar-refractivity contribution in [3.63, 3.8) is 0 Å². The largest absolute Gasteiger partial charge is 0.369 e. The number of rotatable bonds is 5. The molecule has 25 heavy (non-hydrogen) atoms. The molecular weight excluding hydrogens is 342 g/mol. The van der Waals surface area contributed by atoms with E-state index in [1.54, 1.807) is 4.68 Å². The van der Waals surface area contributed by atoms with E-state index < -0.39 is 0 Å². The summed E-state index contributed by atoms with van der Waals surface area (Å²) < 4.78 is 1.76. The van der Waals surface area contributed by atoms with Crippen LogP contribution in [-0.2, 0) is 23.2 Å². The predicted octanol–water partition coefficient (Wildman–Crippen LogP) is 1.04. The van der Waals surface area contributed by atoms with Crippen molar-refractivity contribution in [3.05, 3.63) is 28.9 Å². The Morgan fingerprint density at radius 1 is 1.44 bits per heavy atom. The first-order valence-corrected chi connectivity index (χ1v) is 8.72. The lowest BCUT2D eigenvalue weighted by Gasteiger charge is -2.30. The Morgan fingerprint density at radius 2 is 2.24 bits per heavy atom. The van der Waals surface area contributed by atoms with Crippen molar-refractivity contribution in [3.8, 4) is 0 Å². The molecule has 1 aliphatic rings. The van der Waals surface area contributed by atoms with Crippen molar-refractivity contribution in [1.29, 1.82) is 0 Å². The van der Waals surface area contributed by atoms with Crippen molar-refractivity contribution in [1.82, 2.24) is 20.0 Å². The zero-order chi connectivity index (χ0) is 18.0. The van der Waals surface area contributed by atoms with Gasteiger partial charge in [-0.25, -0.2) is 0 Å². The molecule has 1 aliphatic heterocycles. The van der Waals surface area contributed by atoms with Gasteiger partial charge >= 0.3 is 0 Å². The quantitative estimate of drug-likeness (QED) is 0.830. The molecule has 0 radical (unpaired) electrons. The molecular formula is C17H22ClN5O2. The van der Waals surface area contributed by atoms with Crippen LogP contribution in [-0.4, -0.2) is 46.1 Å². The predicted molar refractivity (Wildman–Crippen MR) is 95.9 cm³/mol. The Morgan fingerprint density at radius 3 is 3.00 bits per heavy atom. The first kappa shape index (κ1) is 17.7. The number of hydrogen-bond acceptors (Lipinski definition) is 4. The minimum atomic E-state index is -0.365. The summed E-state index contributed by atoms with van der Waals surface area (Å²) in [5.74, 6) is -0.533. The van der Waals surface area contributed by atoms with Crippen molar-refractivity contribution >= 4 is 34.3 Å². The van der Waals surface area contributed by atoms with E-state index in [-0.39, 0.29) is 24.3 Å². The minimum absolute atomic E-state index is 0.0278. The maximum atomic E-state index is 12.5. The topological polar surface area (TPSA) is 93.2 Å². The molecule has 0 spiro atoms. The first-order chi connectivity index (χ1) is 12.0. The van der Waals surface area contributed by atoms with Gasteiger partial charge in [0.25, 0.3) is 0 Å². The number of nitrogens with two attached hydrogens (primary N) is 1. The standard InChI is InChI=1S/C17H22ClN5O2/c1-22-14-6-2-5-12(18)16(14)13(21-22)8-20-17(25)11-4-3-7-23(9-11)10-15(19)24/h2,5-6,11H,3-4,7-10H2,1H3,(H2,19,24)(H,20,25). The van der Waals surface area contributed by atoms with Crippen molar-refractivity contribution in [2.24, 2.45) is 18.7 Å². The molecule has 0 bridgehead atoms. The molecule has 2 heterocycles. The zero-order valence-electron chi connectivity index (χ0n) is 14.2. The van der Waals surface area contributed by atoms with Crippen LogP contribution >= 0.6 is 11.6 Å². The van der Waals surface area contributed by atoms with E-state index in [1.165, 1.54) is 0 Å². The lowest BCUT2D eigenvalue weighted by Crippen LogP contribution is -2.45. The number of amides is 2. The number of nitrogens with one attached hydrogen (secondary N) is 1. The van der Waals surface area contributed by atoms with E-state index in [2.05, 4.69) is 10.4 Å². The molecule has 2 amide bonds. The number of carbonyl (C=O) groups is 2. The smallest absolute Gasteiger partial charge is 0.231 e. The van der Waals surface area contributed by atoms with Gasteiger partial charge < -0.3 is 11.1 Å². The summed E-state index contributed by atoms with van der Waals surface area (Å²) in [6.45, 7) is 1.88. The number of hydrogen-bond donors (Lipinski definition) is 2. The summed E-state index contributed by atoms with van der Waals surface area (Å²) in [5.41, 5.74) is 6.93. The molecule has 8 heteroatoms. The van der Waals surface area contributed by atoms with Crippen LogP contribution in [0.4, 0.5) is 0 Å². The summed E-state index contributed by atoms with van der Waals surface area (Å²) in [6, 6.07) is 5.65. The number of piperidine rings is 1. The monoisotopic (exact) mass is 363 g/mol. The van der Waals surface area contributed by atoms with Gasteiger partial charge in [-0.05, 0) is 31.5 Å². The third-order valence-electron chi connectivity index (χ3n) is 4.59. The number of primary amides is 1. The molecule has 1 aromatic carbocycles. The van der Waals surface area contributed by atoms with Crippen molar-refractivity contribution in [2.45, 2.75) is 19.4 Å². The van der Waals surface area contributed by atoms with E-state index in [4.69, 9.17) is 17.3 Å². The van der Waals surface area contributed by atoms with Crippen LogP contribution in [0.2, 0.25) is 5.02 Å². The van der Waals surface area contributed by atoms with Gasteiger partial charge in [0.2, 0.25) is 11.8 Å². The number of benzene rings is 1. The first-order valence-electron chi connectivity index (χ1n) is 8.34. The molecule has 134 valence electrons. The molecule has 3 N–H and O–H groups in total. The maximum Gasteiger partial charge on any atom is 0.231 e. The molecule has 2 aromatic rings. The number of fused-ring (bicyclic) bond motifs is 1. The van der Waals surface area contributed by atoms with E-state index in [0.29, 0.717) is 18.1 Å². The fraction of sp³-hybridized carbons (Fsp3) is 0.471. The Labute approximate surface area is 151 Å². The van der Waals surface area contributed by atoms with E-state index in [0.717, 1.165) is 36.0 Å². The number of carbonyl (C=O) groups excluding carboxylic acids is 2. The molecule has 0 saturated carbocycles. The lowest BCUT2D eigenvalue weighted by molar-refractivity contribution is -0.128. The van der Waals surface area contributed by atoms with Gasteiger partial charge in [0.1, 0.15) is 0 Å². The van der Waals surface area contributed by atoms with Crippen molar-refractivity contribution in [2.75, 3.05) is 19.6 Å². The maximum absolute atomic E-state index is 12.5. The van der Waals surface area contributed by atoms with Crippen LogP contribution in [0, 0.1) is 5.92 Å². The molecule has 1 fully saturated rings. The highest BCUT2D eigenvalue weighted by Gasteiger charge is 2.26. The Kier molecular flexibility index (Phi) is 5.24. The molecule has 1 atom stereocenters. The van der Waals surface area contributed by atoms with Gasteiger partial charge in [-0.15, -0.1) is 0 Å². The lowest BCUT2D eigenvalue weighted by atomic mass is 9.97. The molecule has 1 unspecified atom stereocenters. The van der Waals surface area contributed by atoms with Crippen LogP contribution in [0.15, 0.2) is 18.2 Å². The Bertz CT molecular complexity index is 804. The minimum Gasteiger partial charge on any atom is -0.369 e. The van der Waals surface area contributed by atoms with E-state index in [9.17, 15) is 9.59 Å². The summed E-state index contributed by atoms with van der Waals surface area (Å²) >= 11 is 6.29. The van der Waals surface area contributed by atoms with Crippen LogP contribution in [0.3, 0.4) is 0 Å². The Balaban J connectivity index is 1.66. The normalized spacial score (nSPS) is 18.4. The van der Waals surface area contributed by atoms with Crippen molar-refractivity contribution < 1.29 is 9.59 Å². The van der Waals surface area contributed by atoms with Crippen LogP contribution in [0.1, 0.15) is 18.5 Å². The van der Waals surface area contributed by atoms with Gasteiger partial charge in [0.15, 0.2) is 0 Å². The van der Waals surface area contributed by atoms with Gasteiger partial charge in [0, 0.05) is 19.0 Å². The van der Waals surface area contributed by atoms with Crippen LogP contribution in [0.5, 0.6) is 0 Å². The van der Waals surface area contributed by atoms with Crippen LogP contribution < -0.4 is 11.1 Å². The zero-order valence-corrected chi connectivity index (χ0v) is 14.9. The van der Waals surface area contributed by atoms with Crippen LogP contribution in [0.25, 0.3) is 10.9 Å². The fourth-order valence-corrected chi connectivity index (χ4v) is 3.70. The number of likely N-dealkylation sites (tertiary alicyclic amines) is 1. The third-order valence-corrected chi connectivity index (χ3v) is 4.90. The second kappa shape index (κ2) is 7.41. The summed E-state index contributed by atoms with van der Waals surface area (Å²) in [4.78, 5) is 25.5. The second-order valence-corrected chi connectivity index (χ2v) is 6.87. The molecule has 3 rings (SSSR count). The number of aromatic nitrogens is 2. The third kappa shape index (κ3) is 3.93. The molecule has 1 aromatic heterocycles. The van der Waals surface area contributed by atoms with Gasteiger partial charge in [0.05, 0.1) is 35.2 Å². The number of nitrogens with zero attached hydrogens (tertiary/aromatic N) is 3. The van der Waals surface area contributed by atoms with Gasteiger partial charge in [-0.3, -0.25) is 19.2 Å². The average Bonchev–Trinajstić information content (AvgIpc) is 2.90. The Hall–Kier alpha value is -2.12. The number of halogens is 1. The highest BCUT2D eigenvalue weighted by molar-refractivity contribution is 6.35.